The molecule has 162 valence electrons. The molecule has 0 saturated heterocycles. The standard InChI is InChI=1S/C24H42O3S/c25-28(26,27)24-16-14-23(15-17-24)22-12-10-21(11-13-22)20-8-6-19(7-9-20)18-4-2-1-3-5-18/h18-24H,1-17H2,(H,25,26,27). The van der Waals surface area contributed by atoms with Crippen LogP contribution in [0.15, 0.2) is 0 Å². The number of rotatable bonds is 4. The van der Waals surface area contributed by atoms with E-state index in [-0.39, 0.29) is 0 Å². The Morgan fingerprint density at radius 1 is 0.429 bits per heavy atom. The first kappa shape index (κ1) is 21.2. The lowest BCUT2D eigenvalue weighted by atomic mass is 9.64. The fraction of sp³-hybridized carbons (Fsp3) is 1.00. The lowest BCUT2D eigenvalue weighted by Gasteiger charge is -2.42. The molecule has 4 rings (SSSR count). The van der Waals surface area contributed by atoms with Gasteiger partial charge in [0.15, 0.2) is 0 Å². The lowest BCUT2D eigenvalue weighted by molar-refractivity contribution is 0.0946. The molecule has 0 amide bonds. The highest BCUT2D eigenvalue weighted by atomic mass is 32.2. The molecule has 3 nitrogen and oxygen atoms in total. The Bertz CT molecular complexity index is 571. The maximum absolute atomic E-state index is 11.4. The molecule has 0 aromatic carbocycles. The molecule has 4 aliphatic carbocycles. The van der Waals surface area contributed by atoms with Crippen LogP contribution < -0.4 is 0 Å². The van der Waals surface area contributed by atoms with Gasteiger partial charge in [0.05, 0.1) is 5.25 Å². The van der Waals surface area contributed by atoms with E-state index in [1.54, 1.807) is 0 Å². The van der Waals surface area contributed by atoms with Gasteiger partial charge in [0.2, 0.25) is 0 Å². The molecular weight excluding hydrogens is 368 g/mol. The molecule has 0 radical (unpaired) electrons. The average molecular weight is 411 g/mol. The second-order valence-electron chi connectivity index (χ2n) is 10.8. The zero-order valence-electron chi connectivity index (χ0n) is 17.7. The summed E-state index contributed by atoms with van der Waals surface area (Å²) in [6.45, 7) is 0. The molecule has 4 saturated carbocycles. The first-order chi connectivity index (χ1) is 13.5. The number of hydrogen-bond acceptors (Lipinski definition) is 2. The van der Waals surface area contributed by atoms with Crippen molar-refractivity contribution in [2.75, 3.05) is 0 Å². The van der Waals surface area contributed by atoms with Crippen molar-refractivity contribution in [2.45, 2.75) is 114 Å². The van der Waals surface area contributed by atoms with E-state index in [9.17, 15) is 13.0 Å². The van der Waals surface area contributed by atoms with Crippen molar-refractivity contribution < 1.29 is 13.0 Å². The molecule has 0 aliphatic heterocycles. The van der Waals surface area contributed by atoms with Crippen LogP contribution in [0.4, 0.5) is 0 Å². The van der Waals surface area contributed by atoms with Gasteiger partial charge in [-0.3, -0.25) is 4.55 Å². The van der Waals surface area contributed by atoms with Crippen LogP contribution in [-0.2, 0) is 10.1 Å². The van der Waals surface area contributed by atoms with Crippen molar-refractivity contribution >= 4 is 10.1 Å². The van der Waals surface area contributed by atoms with Crippen molar-refractivity contribution in [1.82, 2.24) is 0 Å². The third-order valence-electron chi connectivity index (χ3n) is 9.42. The van der Waals surface area contributed by atoms with E-state index >= 15 is 0 Å². The van der Waals surface area contributed by atoms with E-state index in [1.165, 1.54) is 83.5 Å². The van der Waals surface area contributed by atoms with Gasteiger partial charge in [0.1, 0.15) is 0 Å². The lowest BCUT2D eigenvalue weighted by Crippen LogP contribution is -2.33. The van der Waals surface area contributed by atoms with E-state index in [2.05, 4.69) is 0 Å². The first-order valence-electron chi connectivity index (χ1n) is 12.5. The second-order valence-corrected chi connectivity index (χ2v) is 12.5. The summed E-state index contributed by atoms with van der Waals surface area (Å²) in [5.41, 5.74) is 0. The van der Waals surface area contributed by atoms with E-state index in [0.29, 0.717) is 18.8 Å². The SMILES string of the molecule is O=S(=O)(O)C1CCC(C2CCC(C3CCC(C4CCCCC4)CC3)CC2)CC1. The van der Waals surface area contributed by atoms with E-state index < -0.39 is 15.4 Å². The van der Waals surface area contributed by atoms with Crippen LogP contribution in [0.5, 0.6) is 0 Å². The van der Waals surface area contributed by atoms with Gasteiger partial charge in [0.25, 0.3) is 10.1 Å². The van der Waals surface area contributed by atoms with Crippen LogP contribution in [0.25, 0.3) is 0 Å². The minimum atomic E-state index is -3.82. The van der Waals surface area contributed by atoms with Gasteiger partial charge in [-0.15, -0.1) is 0 Å². The van der Waals surface area contributed by atoms with Crippen LogP contribution in [0.2, 0.25) is 0 Å². The number of hydrogen-bond donors (Lipinski definition) is 1. The summed E-state index contributed by atoms with van der Waals surface area (Å²) in [6, 6.07) is 0. The maximum atomic E-state index is 11.4. The van der Waals surface area contributed by atoms with Crippen LogP contribution in [0.3, 0.4) is 0 Å². The third kappa shape index (κ3) is 5.14. The van der Waals surface area contributed by atoms with Crippen molar-refractivity contribution in [1.29, 1.82) is 0 Å². The molecular formula is C24H42O3S. The zero-order chi connectivity index (χ0) is 19.6. The Balaban J connectivity index is 1.18. The Morgan fingerprint density at radius 3 is 1.04 bits per heavy atom. The summed E-state index contributed by atoms with van der Waals surface area (Å²) >= 11 is 0. The molecule has 0 atom stereocenters. The monoisotopic (exact) mass is 410 g/mol. The van der Waals surface area contributed by atoms with Gasteiger partial charge in [-0.25, -0.2) is 0 Å². The van der Waals surface area contributed by atoms with Crippen molar-refractivity contribution in [2.24, 2.45) is 35.5 Å². The van der Waals surface area contributed by atoms with Gasteiger partial charge < -0.3 is 0 Å². The molecule has 0 bridgehead atoms. The summed E-state index contributed by atoms with van der Waals surface area (Å²) in [5, 5.41) is -0.487. The molecule has 0 spiro atoms. The summed E-state index contributed by atoms with van der Waals surface area (Å²) in [5.74, 6) is 5.60. The van der Waals surface area contributed by atoms with Gasteiger partial charge in [-0.2, -0.15) is 8.42 Å². The summed E-state index contributed by atoms with van der Waals surface area (Å²) in [7, 11) is -3.82. The van der Waals surface area contributed by atoms with Crippen molar-refractivity contribution in [3.63, 3.8) is 0 Å². The molecule has 4 aliphatic rings. The van der Waals surface area contributed by atoms with Crippen LogP contribution in [0.1, 0.15) is 109 Å². The minimum Gasteiger partial charge on any atom is -0.285 e. The highest BCUT2D eigenvalue weighted by Crippen LogP contribution is 2.47. The maximum Gasteiger partial charge on any atom is 0.267 e. The largest absolute Gasteiger partial charge is 0.285 e. The molecule has 0 aromatic rings. The predicted molar refractivity (Wildman–Crippen MR) is 115 cm³/mol. The van der Waals surface area contributed by atoms with E-state index in [4.69, 9.17) is 0 Å². The van der Waals surface area contributed by atoms with Crippen LogP contribution >= 0.6 is 0 Å². The summed E-state index contributed by atoms with van der Waals surface area (Å²) in [6.07, 6.45) is 22.4. The molecule has 28 heavy (non-hydrogen) atoms. The highest BCUT2D eigenvalue weighted by Gasteiger charge is 2.37. The Hall–Kier alpha value is -0.0900. The zero-order valence-corrected chi connectivity index (χ0v) is 18.6. The normalized spacial score (nSPS) is 41.6. The smallest absolute Gasteiger partial charge is 0.267 e. The van der Waals surface area contributed by atoms with Crippen molar-refractivity contribution in [3.8, 4) is 0 Å². The summed E-state index contributed by atoms with van der Waals surface area (Å²) in [4.78, 5) is 0. The predicted octanol–water partition coefficient (Wildman–Crippen LogP) is 6.63. The van der Waals surface area contributed by atoms with Gasteiger partial charge >= 0.3 is 0 Å². The quantitative estimate of drug-likeness (QED) is 0.529. The summed E-state index contributed by atoms with van der Waals surface area (Å²) < 4.78 is 32.0. The fourth-order valence-corrected chi connectivity index (χ4v) is 8.51. The molecule has 1 N–H and O–H groups in total. The van der Waals surface area contributed by atoms with Crippen LogP contribution in [-0.4, -0.2) is 18.2 Å². The highest BCUT2D eigenvalue weighted by molar-refractivity contribution is 7.86. The average Bonchev–Trinajstić information content (AvgIpc) is 2.74. The van der Waals surface area contributed by atoms with Gasteiger partial charge in [-0.1, -0.05) is 32.1 Å². The molecule has 0 unspecified atom stereocenters. The van der Waals surface area contributed by atoms with Crippen molar-refractivity contribution in [3.05, 3.63) is 0 Å². The molecule has 0 heterocycles. The Morgan fingerprint density at radius 2 is 0.714 bits per heavy atom. The van der Waals surface area contributed by atoms with Crippen LogP contribution in [0, 0.1) is 35.5 Å². The van der Waals surface area contributed by atoms with Gasteiger partial charge in [0, 0.05) is 0 Å². The topological polar surface area (TPSA) is 54.4 Å². The minimum absolute atomic E-state index is 0.487. The first-order valence-corrected chi connectivity index (χ1v) is 14.0. The molecule has 4 heteroatoms. The Labute approximate surface area is 173 Å². The molecule has 0 aromatic heterocycles. The van der Waals surface area contributed by atoms with E-state index in [0.717, 1.165) is 42.4 Å². The Kier molecular flexibility index (Phi) is 7.08. The third-order valence-corrected chi connectivity index (χ3v) is 10.7. The molecule has 4 fully saturated rings. The second kappa shape index (κ2) is 9.37. The van der Waals surface area contributed by atoms with E-state index in [1.807, 2.05) is 0 Å². The fourth-order valence-electron chi connectivity index (χ4n) is 7.64. The van der Waals surface area contributed by atoms with Gasteiger partial charge in [-0.05, 0) is 113 Å².